The van der Waals surface area contributed by atoms with E-state index in [2.05, 4.69) is 4.72 Å². The molecule has 0 aromatic heterocycles. The fraction of sp³-hybridized carbons (Fsp3) is 0.385. The van der Waals surface area contributed by atoms with Gasteiger partial charge in [-0.3, -0.25) is 4.79 Å². The van der Waals surface area contributed by atoms with Gasteiger partial charge in [-0.2, -0.15) is 9.98 Å². The molecule has 0 bridgehead atoms. The van der Waals surface area contributed by atoms with E-state index < -0.39 is 22.0 Å². The Morgan fingerprint density at radius 3 is 2.52 bits per heavy atom. The average molecular weight is 331 g/mol. The van der Waals surface area contributed by atoms with Crippen LogP contribution in [0.1, 0.15) is 25.8 Å². The summed E-state index contributed by atoms with van der Waals surface area (Å²) in [6, 6.07) is 4.30. The number of nitrogens with zero attached hydrogens (tertiary/aromatic N) is 1. The number of rotatable bonds is 6. The van der Waals surface area contributed by atoms with Crippen molar-refractivity contribution in [1.82, 2.24) is 4.72 Å². The molecule has 1 rings (SSSR count). The minimum atomic E-state index is -4.08. The van der Waals surface area contributed by atoms with E-state index in [1.165, 1.54) is 18.2 Å². The van der Waals surface area contributed by atoms with E-state index in [9.17, 15) is 13.2 Å². The zero-order chi connectivity index (χ0) is 16.2. The molecule has 21 heavy (non-hydrogen) atoms. The Labute approximate surface area is 128 Å². The summed E-state index contributed by atoms with van der Waals surface area (Å²) in [5, 5.41) is 17.7. The molecule has 114 valence electrons. The molecule has 0 aliphatic heterocycles. The number of hydrogen-bond donors (Lipinski definition) is 2. The number of aliphatic carboxylic acids is 1. The van der Waals surface area contributed by atoms with E-state index in [-0.39, 0.29) is 27.8 Å². The highest BCUT2D eigenvalue weighted by Gasteiger charge is 2.27. The SMILES string of the molecule is CC(C)CC(NS(=O)(=O)c1ccc(C#N)cc1Cl)C(=O)O. The van der Waals surface area contributed by atoms with Crippen LogP contribution in [0.15, 0.2) is 23.1 Å². The van der Waals surface area contributed by atoms with Gasteiger partial charge in [-0.1, -0.05) is 25.4 Å². The largest absolute Gasteiger partial charge is 0.480 e. The van der Waals surface area contributed by atoms with Crippen molar-refractivity contribution in [2.24, 2.45) is 5.92 Å². The maximum Gasteiger partial charge on any atom is 0.321 e. The number of nitriles is 1. The lowest BCUT2D eigenvalue weighted by Crippen LogP contribution is -2.41. The van der Waals surface area contributed by atoms with Crippen molar-refractivity contribution < 1.29 is 18.3 Å². The van der Waals surface area contributed by atoms with Crippen LogP contribution in [-0.2, 0) is 14.8 Å². The predicted molar refractivity (Wildman–Crippen MR) is 77.4 cm³/mol. The molecule has 8 heteroatoms. The summed E-state index contributed by atoms with van der Waals surface area (Å²) in [7, 11) is -4.08. The number of nitrogens with one attached hydrogen (secondary N) is 1. The highest BCUT2D eigenvalue weighted by Crippen LogP contribution is 2.23. The summed E-state index contributed by atoms with van der Waals surface area (Å²) in [6.45, 7) is 3.58. The minimum absolute atomic E-state index is 0.00485. The molecule has 0 aliphatic carbocycles. The van der Waals surface area contributed by atoms with Crippen LogP contribution >= 0.6 is 11.6 Å². The lowest BCUT2D eigenvalue weighted by atomic mass is 10.1. The Kier molecular flexibility index (Phi) is 5.72. The summed E-state index contributed by atoms with van der Waals surface area (Å²) in [6.07, 6.45) is 0.155. The van der Waals surface area contributed by atoms with Crippen molar-refractivity contribution in [2.75, 3.05) is 0 Å². The molecule has 0 radical (unpaired) electrons. The Hall–Kier alpha value is -1.62. The first-order valence-electron chi connectivity index (χ1n) is 6.12. The van der Waals surface area contributed by atoms with Crippen LogP contribution in [0.5, 0.6) is 0 Å². The molecule has 0 spiro atoms. The summed E-state index contributed by atoms with van der Waals surface area (Å²) in [5.41, 5.74) is 0.218. The maximum atomic E-state index is 12.2. The van der Waals surface area contributed by atoms with Crippen LogP contribution in [0.25, 0.3) is 0 Å². The monoisotopic (exact) mass is 330 g/mol. The molecule has 0 aliphatic rings. The number of hydrogen-bond acceptors (Lipinski definition) is 4. The van der Waals surface area contributed by atoms with Gasteiger partial charge in [0.25, 0.3) is 0 Å². The van der Waals surface area contributed by atoms with Gasteiger partial charge in [-0.05, 0) is 30.5 Å². The number of carbonyl (C=O) groups is 1. The molecule has 0 fully saturated rings. The van der Waals surface area contributed by atoms with Crippen LogP contribution in [0.3, 0.4) is 0 Å². The second-order valence-corrected chi connectivity index (χ2v) is 6.99. The van der Waals surface area contributed by atoms with E-state index in [1.54, 1.807) is 13.8 Å². The molecule has 0 amide bonds. The molecule has 1 aromatic carbocycles. The van der Waals surface area contributed by atoms with Gasteiger partial charge in [0, 0.05) is 0 Å². The first-order chi connectivity index (χ1) is 9.67. The number of halogens is 1. The second kappa shape index (κ2) is 6.89. The maximum absolute atomic E-state index is 12.2. The summed E-state index contributed by atoms with van der Waals surface area (Å²) < 4.78 is 26.5. The lowest BCUT2D eigenvalue weighted by molar-refractivity contribution is -0.139. The molecular formula is C13H15ClN2O4S. The molecule has 0 saturated carbocycles. The second-order valence-electron chi connectivity index (χ2n) is 4.90. The molecule has 1 atom stereocenters. The molecule has 6 nitrogen and oxygen atoms in total. The zero-order valence-corrected chi connectivity index (χ0v) is 13.1. The number of benzene rings is 1. The Balaban J connectivity index is 3.11. The third-order valence-electron chi connectivity index (χ3n) is 2.65. The van der Waals surface area contributed by atoms with E-state index in [1.807, 2.05) is 6.07 Å². The standard InChI is InChI=1S/C13H15ClN2O4S/c1-8(2)5-11(13(17)18)16-21(19,20)12-4-3-9(7-15)6-10(12)14/h3-4,6,8,11,16H,5H2,1-2H3,(H,17,18). The van der Waals surface area contributed by atoms with E-state index in [4.69, 9.17) is 22.0 Å². The third-order valence-corrected chi connectivity index (χ3v) is 4.61. The minimum Gasteiger partial charge on any atom is -0.480 e. The molecule has 0 saturated heterocycles. The van der Waals surface area contributed by atoms with Gasteiger partial charge in [-0.25, -0.2) is 8.42 Å². The Bertz CT molecular complexity index is 680. The van der Waals surface area contributed by atoms with Crippen LogP contribution in [0.2, 0.25) is 5.02 Å². The normalized spacial score (nSPS) is 12.9. The van der Waals surface area contributed by atoms with Crippen molar-refractivity contribution in [2.45, 2.75) is 31.2 Å². The molecular weight excluding hydrogens is 316 g/mol. The lowest BCUT2D eigenvalue weighted by Gasteiger charge is -2.17. The number of sulfonamides is 1. The van der Waals surface area contributed by atoms with Crippen molar-refractivity contribution >= 4 is 27.6 Å². The fourth-order valence-electron chi connectivity index (χ4n) is 1.71. The van der Waals surface area contributed by atoms with Gasteiger partial charge >= 0.3 is 5.97 Å². The van der Waals surface area contributed by atoms with Crippen LogP contribution in [0, 0.1) is 17.2 Å². The smallest absolute Gasteiger partial charge is 0.321 e. The third kappa shape index (κ3) is 4.70. The van der Waals surface area contributed by atoms with Gasteiger partial charge in [0.1, 0.15) is 10.9 Å². The van der Waals surface area contributed by atoms with E-state index in [0.29, 0.717) is 0 Å². The van der Waals surface area contributed by atoms with Crippen LogP contribution < -0.4 is 4.72 Å². The van der Waals surface area contributed by atoms with E-state index in [0.717, 1.165) is 0 Å². The fourth-order valence-corrected chi connectivity index (χ4v) is 3.46. The van der Waals surface area contributed by atoms with Crippen molar-refractivity contribution in [3.8, 4) is 6.07 Å². The van der Waals surface area contributed by atoms with Crippen LogP contribution in [0.4, 0.5) is 0 Å². The zero-order valence-electron chi connectivity index (χ0n) is 11.5. The molecule has 1 aromatic rings. The quantitative estimate of drug-likeness (QED) is 0.829. The number of carboxylic acids is 1. The summed E-state index contributed by atoms with van der Waals surface area (Å²) in [4.78, 5) is 10.9. The van der Waals surface area contributed by atoms with Crippen molar-refractivity contribution in [1.29, 1.82) is 5.26 Å². The molecule has 1 unspecified atom stereocenters. The van der Waals surface area contributed by atoms with Gasteiger partial charge in [-0.15, -0.1) is 0 Å². The van der Waals surface area contributed by atoms with Gasteiger partial charge in [0.05, 0.1) is 16.7 Å². The van der Waals surface area contributed by atoms with Gasteiger partial charge < -0.3 is 5.11 Å². The summed E-state index contributed by atoms with van der Waals surface area (Å²) in [5.74, 6) is -1.25. The van der Waals surface area contributed by atoms with Crippen LogP contribution in [-0.4, -0.2) is 25.5 Å². The van der Waals surface area contributed by atoms with E-state index >= 15 is 0 Å². The summed E-state index contributed by atoms with van der Waals surface area (Å²) >= 11 is 5.84. The first-order valence-corrected chi connectivity index (χ1v) is 7.98. The highest BCUT2D eigenvalue weighted by molar-refractivity contribution is 7.89. The Morgan fingerprint density at radius 2 is 2.10 bits per heavy atom. The first kappa shape index (κ1) is 17.4. The number of carboxylic acid groups (broad SMARTS) is 1. The molecule has 2 N–H and O–H groups in total. The Morgan fingerprint density at radius 1 is 1.48 bits per heavy atom. The van der Waals surface area contributed by atoms with Gasteiger partial charge in [0.15, 0.2) is 0 Å². The highest BCUT2D eigenvalue weighted by atomic mass is 35.5. The average Bonchev–Trinajstić information content (AvgIpc) is 2.36. The topological polar surface area (TPSA) is 107 Å². The molecule has 0 heterocycles. The van der Waals surface area contributed by atoms with Crippen molar-refractivity contribution in [3.63, 3.8) is 0 Å². The van der Waals surface area contributed by atoms with Crippen molar-refractivity contribution in [3.05, 3.63) is 28.8 Å². The van der Waals surface area contributed by atoms with Gasteiger partial charge in [0.2, 0.25) is 10.0 Å². The predicted octanol–water partition coefficient (Wildman–Crippen LogP) is 1.99.